The third-order valence-electron chi connectivity index (χ3n) is 4.83. The largest absolute Gasteiger partial charge is 0.394 e. The highest BCUT2D eigenvalue weighted by atomic mass is 16.3. The highest BCUT2D eigenvalue weighted by Gasteiger charge is 2.18. The summed E-state index contributed by atoms with van der Waals surface area (Å²) in [4.78, 5) is 12.1. The Morgan fingerprint density at radius 2 is 2.00 bits per heavy atom. The molecule has 0 unspecified atom stereocenters. The summed E-state index contributed by atoms with van der Waals surface area (Å²) >= 11 is 0. The number of nitrogens with zero attached hydrogens (tertiary/aromatic N) is 4. The van der Waals surface area contributed by atoms with Gasteiger partial charge in [0.05, 0.1) is 47.8 Å². The Hall–Kier alpha value is -3.80. The molecule has 0 bridgehead atoms. The van der Waals surface area contributed by atoms with Crippen LogP contribution in [0.2, 0.25) is 0 Å². The van der Waals surface area contributed by atoms with Crippen LogP contribution in [0.5, 0.6) is 0 Å². The Labute approximate surface area is 165 Å². The monoisotopic (exact) mass is 386 g/mol. The van der Waals surface area contributed by atoms with Crippen molar-refractivity contribution in [3.63, 3.8) is 0 Å². The molecule has 0 aliphatic carbocycles. The van der Waals surface area contributed by atoms with Gasteiger partial charge in [0.2, 0.25) is 0 Å². The second-order valence-electron chi connectivity index (χ2n) is 6.47. The quantitative estimate of drug-likeness (QED) is 0.479. The average molecular weight is 386 g/mol. The van der Waals surface area contributed by atoms with Gasteiger partial charge in [0.1, 0.15) is 0 Å². The predicted octanol–water partition coefficient (Wildman–Crippen LogP) is 1.78. The van der Waals surface area contributed by atoms with E-state index in [0.29, 0.717) is 22.0 Å². The van der Waals surface area contributed by atoms with Crippen LogP contribution in [0.25, 0.3) is 33.2 Å². The van der Waals surface area contributed by atoms with Crippen molar-refractivity contribution in [3.05, 3.63) is 70.3 Å². The summed E-state index contributed by atoms with van der Waals surface area (Å²) in [5.74, 6) is 0. The van der Waals surface area contributed by atoms with Crippen LogP contribution in [0.1, 0.15) is 11.3 Å². The molecule has 4 aromatic rings. The maximum atomic E-state index is 12.1. The van der Waals surface area contributed by atoms with Gasteiger partial charge < -0.3 is 10.8 Å². The molecule has 0 amide bonds. The van der Waals surface area contributed by atoms with Crippen molar-refractivity contribution >= 4 is 10.8 Å². The number of nitriles is 1. The molecule has 0 saturated heterocycles. The first kappa shape index (κ1) is 18.6. The Balaban J connectivity index is 1.99. The molecule has 2 aromatic carbocycles. The molecule has 2 aromatic heterocycles. The van der Waals surface area contributed by atoms with Crippen molar-refractivity contribution in [3.8, 4) is 28.5 Å². The number of hydrogen-bond acceptors (Lipinski definition) is 6. The molecule has 8 heteroatoms. The zero-order chi connectivity index (χ0) is 20.4. The summed E-state index contributed by atoms with van der Waals surface area (Å²) in [5.41, 5.74) is 9.65. The fourth-order valence-corrected chi connectivity index (χ4v) is 3.47. The molecule has 0 radical (unpaired) electrons. The lowest BCUT2D eigenvalue weighted by molar-refractivity contribution is 0.270. The molecule has 0 spiro atoms. The number of aliphatic hydroxyl groups excluding tert-OH is 1. The molecule has 4 rings (SSSR count). The Bertz CT molecular complexity index is 1300. The Morgan fingerprint density at radius 1 is 1.17 bits per heavy atom. The molecule has 0 aliphatic rings. The van der Waals surface area contributed by atoms with E-state index in [1.54, 1.807) is 29.1 Å². The fraction of sp³-hybridized carbons (Fsp3) is 0.143. The molecule has 0 aliphatic heterocycles. The molecular weight excluding hydrogens is 368 g/mol. The number of aromatic nitrogens is 4. The van der Waals surface area contributed by atoms with Crippen molar-refractivity contribution in [2.45, 2.75) is 13.1 Å². The maximum Gasteiger partial charge on any atom is 0.272 e. The molecule has 0 saturated carbocycles. The summed E-state index contributed by atoms with van der Waals surface area (Å²) < 4.78 is 1.68. The van der Waals surface area contributed by atoms with E-state index in [4.69, 9.17) is 5.73 Å². The van der Waals surface area contributed by atoms with E-state index in [-0.39, 0.29) is 25.3 Å². The van der Waals surface area contributed by atoms with Gasteiger partial charge in [0.25, 0.3) is 5.56 Å². The van der Waals surface area contributed by atoms with Gasteiger partial charge >= 0.3 is 0 Å². The van der Waals surface area contributed by atoms with Gasteiger partial charge in [-0.3, -0.25) is 9.48 Å². The van der Waals surface area contributed by atoms with Crippen molar-refractivity contribution in [1.29, 1.82) is 5.26 Å². The first-order valence-corrected chi connectivity index (χ1v) is 9.06. The van der Waals surface area contributed by atoms with Crippen LogP contribution in [0.4, 0.5) is 0 Å². The van der Waals surface area contributed by atoms with Gasteiger partial charge in [-0.15, -0.1) is 0 Å². The summed E-state index contributed by atoms with van der Waals surface area (Å²) in [5, 5.41) is 31.1. The summed E-state index contributed by atoms with van der Waals surface area (Å²) in [6, 6.07) is 14.9. The SMILES string of the molecule is N#Cc1ccccc1-c1c(-c2ccc3c(=O)[nH]nc(CN)c3c2)cnn1CCO. The van der Waals surface area contributed by atoms with Crippen LogP contribution in [0, 0.1) is 11.3 Å². The second kappa shape index (κ2) is 7.67. The van der Waals surface area contributed by atoms with E-state index in [2.05, 4.69) is 21.4 Å². The maximum absolute atomic E-state index is 12.1. The molecule has 29 heavy (non-hydrogen) atoms. The lowest BCUT2D eigenvalue weighted by atomic mass is 9.96. The zero-order valence-electron chi connectivity index (χ0n) is 15.5. The minimum atomic E-state index is -0.283. The van der Waals surface area contributed by atoms with E-state index in [1.165, 1.54) is 0 Å². The van der Waals surface area contributed by atoms with E-state index < -0.39 is 0 Å². The number of aromatic amines is 1. The van der Waals surface area contributed by atoms with Gasteiger partial charge in [-0.05, 0) is 23.8 Å². The zero-order valence-corrected chi connectivity index (χ0v) is 15.5. The van der Waals surface area contributed by atoms with Gasteiger partial charge in [-0.1, -0.05) is 24.3 Å². The molecular formula is C21H18N6O2. The van der Waals surface area contributed by atoms with Gasteiger partial charge in [0.15, 0.2) is 0 Å². The first-order valence-electron chi connectivity index (χ1n) is 9.06. The lowest BCUT2D eigenvalue weighted by Gasteiger charge is -2.12. The number of aliphatic hydroxyl groups is 1. The molecule has 0 fully saturated rings. The standard InChI is InChI=1S/C21H18N6O2/c22-10-14-3-1-2-4-15(14)20-18(12-24-27(20)7-8-28)13-5-6-16-17(9-13)19(11-23)25-26-21(16)29/h1-6,9,12,28H,7-8,11,23H2,(H,26,29). The van der Waals surface area contributed by atoms with Crippen molar-refractivity contribution in [1.82, 2.24) is 20.0 Å². The number of hydrogen-bond donors (Lipinski definition) is 3. The number of nitrogens with two attached hydrogens (primary N) is 1. The third-order valence-corrected chi connectivity index (χ3v) is 4.83. The van der Waals surface area contributed by atoms with Crippen LogP contribution in [0.15, 0.2) is 53.5 Å². The molecule has 2 heterocycles. The van der Waals surface area contributed by atoms with Crippen LogP contribution < -0.4 is 11.3 Å². The van der Waals surface area contributed by atoms with Crippen molar-refractivity contribution in [2.75, 3.05) is 6.61 Å². The van der Waals surface area contributed by atoms with Gasteiger partial charge in [-0.2, -0.15) is 15.5 Å². The van der Waals surface area contributed by atoms with Crippen LogP contribution in [-0.4, -0.2) is 31.7 Å². The summed E-state index contributed by atoms with van der Waals surface area (Å²) in [7, 11) is 0. The van der Waals surface area contributed by atoms with E-state index >= 15 is 0 Å². The first-order chi connectivity index (χ1) is 14.2. The van der Waals surface area contributed by atoms with Crippen molar-refractivity contribution in [2.24, 2.45) is 5.73 Å². The van der Waals surface area contributed by atoms with Crippen molar-refractivity contribution < 1.29 is 5.11 Å². The molecule has 8 nitrogen and oxygen atoms in total. The predicted molar refractivity (Wildman–Crippen MR) is 109 cm³/mol. The smallest absolute Gasteiger partial charge is 0.272 e. The topological polar surface area (TPSA) is 134 Å². The van der Waals surface area contributed by atoms with E-state index in [9.17, 15) is 15.2 Å². The highest BCUT2D eigenvalue weighted by molar-refractivity contribution is 5.91. The van der Waals surface area contributed by atoms with E-state index in [0.717, 1.165) is 22.4 Å². The third kappa shape index (κ3) is 3.18. The van der Waals surface area contributed by atoms with E-state index in [1.807, 2.05) is 24.3 Å². The molecule has 4 N–H and O–H groups in total. The molecule has 0 atom stereocenters. The Kier molecular flexibility index (Phi) is 4.91. The number of nitrogens with one attached hydrogen (secondary N) is 1. The van der Waals surface area contributed by atoms with Crippen LogP contribution >= 0.6 is 0 Å². The second-order valence-corrected chi connectivity index (χ2v) is 6.47. The molecule has 144 valence electrons. The minimum absolute atomic E-state index is 0.0861. The number of fused-ring (bicyclic) bond motifs is 1. The van der Waals surface area contributed by atoms with Gasteiger partial charge in [0, 0.05) is 23.1 Å². The summed E-state index contributed by atoms with van der Waals surface area (Å²) in [6.07, 6.45) is 1.70. The number of rotatable bonds is 5. The van der Waals surface area contributed by atoms with Crippen LogP contribution in [-0.2, 0) is 13.1 Å². The average Bonchev–Trinajstić information content (AvgIpc) is 3.17. The number of H-pyrrole nitrogens is 1. The fourth-order valence-electron chi connectivity index (χ4n) is 3.47. The normalized spacial score (nSPS) is 10.9. The van der Waals surface area contributed by atoms with Crippen LogP contribution in [0.3, 0.4) is 0 Å². The minimum Gasteiger partial charge on any atom is -0.394 e. The number of benzene rings is 2. The highest BCUT2D eigenvalue weighted by Crippen LogP contribution is 2.35. The van der Waals surface area contributed by atoms with Gasteiger partial charge in [-0.25, -0.2) is 5.10 Å². The summed E-state index contributed by atoms with van der Waals surface area (Å²) in [6.45, 7) is 0.389. The Morgan fingerprint density at radius 3 is 2.76 bits per heavy atom. The lowest BCUT2D eigenvalue weighted by Crippen LogP contribution is -2.13.